The van der Waals surface area contributed by atoms with Gasteiger partial charge in [0.2, 0.25) is 5.91 Å². The number of hydrogen-bond donors (Lipinski definition) is 2. The summed E-state index contributed by atoms with van der Waals surface area (Å²) in [4.78, 5) is 10.7. The molecule has 2 saturated heterocycles. The molecule has 0 unspecified atom stereocenters. The smallest absolute Gasteiger partial charge is 0.246 e. The molecule has 2 heterocycles. The van der Waals surface area contributed by atoms with Gasteiger partial charge in [0.15, 0.2) is 0 Å². The number of rotatable bonds is 0. The van der Waals surface area contributed by atoms with Gasteiger partial charge in [-0.3, -0.25) is 4.79 Å². The highest BCUT2D eigenvalue weighted by atomic mass is 16.5. The largest absolute Gasteiger partial charge is 0.365 e. The first kappa shape index (κ1) is 6.12. The lowest BCUT2D eigenvalue weighted by Gasteiger charge is -2.25. The number of ether oxygens (including phenoxy) is 1. The summed E-state index contributed by atoms with van der Waals surface area (Å²) in [7, 11) is 0. The molecule has 2 fully saturated rings. The Labute approximate surface area is 58.9 Å². The van der Waals surface area contributed by atoms with E-state index in [1.165, 1.54) is 0 Å². The molecular formula is C6H10N2O2. The van der Waals surface area contributed by atoms with Crippen LogP contribution in [-0.4, -0.2) is 37.7 Å². The Morgan fingerprint density at radius 3 is 3.30 bits per heavy atom. The molecule has 2 aliphatic heterocycles. The number of morpholine rings is 1. The van der Waals surface area contributed by atoms with Crippen molar-refractivity contribution in [2.45, 2.75) is 12.1 Å². The Morgan fingerprint density at radius 1 is 1.50 bits per heavy atom. The lowest BCUT2D eigenvalue weighted by Crippen LogP contribution is -2.50. The van der Waals surface area contributed by atoms with E-state index >= 15 is 0 Å². The molecular weight excluding hydrogens is 132 g/mol. The van der Waals surface area contributed by atoms with E-state index in [-0.39, 0.29) is 24.7 Å². The van der Waals surface area contributed by atoms with Crippen molar-refractivity contribution in [3.8, 4) is 0 Å². The van der Waals surface area contributed by atoms with E-state index in [4.69, 9.17) is 4.74 Å². The predicted molar refractivity (Wildman–Crippen MR) is 34.5 cm³/mol. The van der Waals surface area contributed by atoms with Gasteiger partial charge in [0.05, 0.1) is 12.1 Å². The van der Waals surface area contributed by atoms with Crippen LogP contribution in [0.5, 0.6) is 0 Å². The van der Waals surface area contributed by atoms with Gasteiger partial charge in [-0.1, -0.05) is 0 Å². The van der Waals surface area contributed by atoms with Crippen molar-refractivity contribution < 1.29 is 9.53 Å². The van der Waals surface area contributed by atoms with E-state index < -0.39 is 0 Å². The molecule has 2 rings (SSSR count). The van der Waals surface area contributed by atoms with Crippen LogP contribution in [-0.2, 0) is 9.53 Å². The summed E-state index contributed by atoms with van der Waals surface area (Å²) in [6.07, 6.45) is 0.206. The Hall–Kier alpha value is -0.610. The van der Waals surface area contributed by atoms with Gasteiger partial charge in [-0.2, -0.15) is 0 Å². The minimum Gasteiger partial charge on any atom is -0.365 e. The molecule has 0 aromatic heterocycles. The molecule has 0 aliphatic carbocycles. The zero-order valence-corrected chi connectivity index (χ0v) is 5.59. The van der Waals surface area contributed by atoms with Gasteiger partial charge < -0.3 is 15.4 Å². The number of fused-ring (bicyclic) bond motifs is 1. The second-order valence-corrected chi connectivity index (χ2v) is 2.68. The van der Waals surface area contributed by atoms with Crippen LogP contribution in [0, 0.1) is 0 Å². The predicted octanol–water partition coefficient (Wildman–Crippen LogP) is -1.53. The van der Waals surface area contributed by atoms with Crippen molar-refractivity contribution in [3.05, 3.63) is 0 Å². The normalized spacial score (nSPS) is 39.0. The molecule has 4 nitrogen and oxygen atoms in total. The molecule has 2 aliphatic rings. The standard InChI is InChI=1S/C6H10N2O2/c9-6-3-10-5-2-7-1-4(5)8-6/h4-5,7H,1-3H2,(H,8,9)/t4-,5+/m0/s1. The second-order valence-electron chi connectivity index (χ2n) is 2.68. The summed E-state index contributed by atoms with van der Waals surface area (Å²) in [6, 6.07) is 0.209. The zero-order valence-electron chi connectivity index (χ0n) is 5.59. The van der Waals surface area contributed by atoms with Crippen LogP contribution in [0.25, 0.3) is 0 Å². The average molecular weight is 142 g/mol. The maximum absolute atomic E-state index is 10.7. The maximum atomic E-state index is 10.7. The summed E-state index contributed by atoms with van der Waals surface area (Å²) < 4.78 is 5.24. The maximum Gasteiger partial charge on any atom is 0.246 e. The summed E-state index contributed by atoms with van der Waals surface area (Å²) in [5, 5.41) is 6.00. The molecule has 4 heteroatoms. The zero-order chi connectivity index (χ0) is 6.97. The Bertz CT molecular complexity index is 160. The molecule has 0 bridgehead atoms. The van der Waals surface area contributed by atoms with Crippen LogP contribution in [0.15, 0.2) is 0 Å². The molecule has 0 saturated carbocycles. The molecule has 1 amide bonds. The number of amides is 1. The van der Waals surface area contributed by atoms with Crippen molar-refractivity contribution in [2.24, 2.45) is 0 Å². The fraction of sp³-hybridized carbons (Fsp3) is 0.833. The van der Waals surface area contributed by atoms with Crippen molar-refractivity contribution in [1.82, 2.24) is 10.6 Å². The minimum atomic E-state index is 0.00458. The monoisotopic (exact) mass is 142 g/mol. The molecule has 0 aromatic carbocycles. The van der Waals surface area contributed by atoms with Crippen LogP contribution in [0.2, 0.25) is 0 Å². The lowest BCUT2D eigenvalue weighted by molar-refractivity contribution is -0.134. The number of carbonyl (C=O) groups is 1. The summed E-state index contributed by atoms with van der Waals surface area (Å²) in [5.74, 6) is 0.00458. The molecule has 56 valence electrons. The first-order valence-corrected chi connectivity index (χ1v) is 3.48. The molecule has 10 heavy (non-hydrogen) atoms. The third kappa shape index (κ3) is 0.892. The first-order valence-electron chi connectivity index (χ1n) is 3.48. The van der Waals surface area contributed by atoms with Crippen LogP contribution >= 0.6 is 0 Å². The quantitative estimate of drug-likeness (QED) is 0.431. The Kier molecular flexibility index (Phi) is 1.35. The van der Waals surface area contributed by atoms with E-state index in [0.29, 0.717) is 0 Å². The number of hydrogen-bond acceptors (Lipinski definition) is 3. The van der Waals surface area contributed by atoms with Crippen molar-refractivity contribution in [1.29, 1.82) is 0 Å². The van der Waals surface area contributed by atoms with Crippen molar-refractivity contribution in [2.75, 3.05) is 19.7 Å². The van der Waals surface area contributed by atoms with Crippen molar-refractivity contribution >= 4 is 5.91 Å². The second kappa shape index (κ2) is 2.21. The topological polar surface area (TPSA) is 50.4 Å². The van der Waals surface area contributed by atoms with Gasteiger partial charge in [0.1, 0.15) is 6.61 Å². The minimum absolute atomic E-state index is 0.00458. The third-order valence-corrected chi connectivity index (χ3v) is 1.93. The van der Waals surface area contributed by atoms with E-state index in [2.05, 4.69) is 10.6 Å². The van der Waals surface area contributed by atoms with E-state index in [0.717, 1.165) is 13.1 Å². The fourth-order valence-electron chi connectivity index (χ4n) is 1.41. The van der Waals surface area contributed by atoms with Crippen molar-refractivity contribution in [3.63, 3.8) is 0 Å². The third-order valence-electron chi connectivity index (χ3n) is 1.93. The lowest BCUT2D eigenvalue weighted by atomic mass is 10.2. The first-order chi connectivity index (χ1) is 4.86. The van der Waals surface area contributed by atoms with Gasteiger partial charge in [0, 0.05) is 13.1 Å². The number of carbonyl (C=O) groups excluding carboxylic acids is 1. The van der Waals surface area contributed by atoms with Crippen LogP contribution < -0.4 is 10.6 Å². The molecule has 2 N–H and O–H groups in total. The van der Waals surface area contributed by atoms with Gasteiger partial charge in [-0.15, -0.1) is 0 Å². The van der Waals surface area contributed by atoms with Gasteiger partial charge >= 0.3 is 0 Å². The summed E-state index contributed by atoms with van der Waals surface area (Å²) in [6.45, 7) is 1.93. The fourth-order valence-corrected chi connectivity index (χ4v) is 1.41. The highest BCUT2D eigenvalue weighted by Gasteiger charge is 2.32. The van der Waals surface area contributed by atoms with Gasteiger partial charge in [0.25, 0.3) is 0 Å². The van der Waals surface area contributed by atoms with Crippen LogP contribution in [0.3, 0.4) is 0 Å². The highest BCUT2D eigenvalue weighted by molar-refractivity contribution is 5.78. The average Bonchev–Trinajstić information content (AvgIpc) is 2.33. The number of nitrogens with one attached hydrogen (secondary N) is 2. The Balaban J connectivity index is 2.03. The van der Waals surface area contributed by atoms with E-state index in [1.807, 2.05) is 0 Å². The Morgan fingerprint density at radius 2 is 2.40 bits per heavy atom. The molecule has 0 spiro atoms. The summed E-state index contributed by atoms with van der Waals surface area (Å²) in [5.41, 5.74) is 0. The van der Waals surface area contributed by atoms with E-state index in [1.54, 1.807) is 0 Å². The van der Waals surface area contributed by atoms with Crippen LogP contribution in [0.4, 0.5) is 0 Å². The SMILES string of the molecule is O=C1CO[C@@H]2CNC[C@@H]2N1. The summed E-state index contributed by atoms with van der Waals surface area (Å²) >= 11 is 0. The van der Waals surface area contributed by atoms with E-state index in [9.17, 15) is 4.79 Å². The molecule has 0 aromatic rings. The molecule has 2 atom stereocenters. The molecule has 0 radical (unpaired) electrons. The van der Waals surface area contributed by atoms with Gasteiger partial charge in [-0.05, 0) is 0 Å². The highest BCUT2D eigenvalue weighted by Crippen LogP contribution is 2.08. The van der Waals surface area contributed by atoms with Gasteiger partial charge in [-0.25, -0.2) is 0 Å². The van der Waals surface area contributed by atoms with Crippen LogP contribution in [0.1, 0.15) is 0 Å².